The van der Waals surface area contributed by atoms with Gasteiger partial charge in [-0.2, -0.15) is 0 Å². The van der Waals surface area contributed by atoms with E-state index < -0.39 is 17.5 Å². The summed E-state index contributed by atoms with van der Waals surface area (Å²) in [5, 5.41) is 1.23. The molecule has 8 nitrogen and oxygen atoms in total. The van der Waals surface area contributed by atoms with Crippen molar-refractivity contribution in [1.82, 2.24) is 25.4 Å². The molecule has 0 aliphatic heterocycles. The fourth-order valence-corrected chi connectivity index (χ4v) is 3.15. The first-order valence-corrected chi connectivity index (χ1v) is 9.65. The molecule has 0 fully saturated rings. The number of hydrogen-bond acceptors (Lipinski definition) is 5. The first-order chi connectivity index (χ1) is 15.0. The molecule has 31 heavy (non-hydrogen) atoms. The number of hydrogen-bond donors (Lipinski definition) is 2. The first-order valence-electron chi connectivity index (χ1n) is 9.27. The number of aromatic nitrogens is 3. The number of rotatable bonds is 4. The molecule has 2 N–H and O–H groups in total. The molecule has 2 heterocycles. The van der Waals surface area contributed by atoms with Crippen LogP contribution in [0.2, 0.25) is 5.02 Å². The molecule has 0 aliphatic rings. The summed E-state index contributed by atoms with van der Waals surface area (Å²) >= 11 is 5.96. The largest absolute Gasteiger partial charge is 0.347 e. The van der Waals surface area contributed by atoms with Crippen molar-refractivity contribution in [3.8, 4) is 11.3 Å². The summed E-state index contributed by atoms with van der Waals surface area (Å²) < 4.78 is 1.13. The van der Waals surface area contributed by atoms with Gasteiger partial charge in [0.1, 0.15) is 6.54 Å². The van der Waals surface area contributed by atoms with Crippen molar-refractivity contribution in [2.75, 3.05) is 0 Å². The molecule has 0 aliphatic carbocycles. The fourth-order valence-electron chi connectivity index (χ4n) is 3.03. The van der Waals surface area contributed by atoms with Crippen LogP contribution in [0, 0.1) is 0 Å². The number of pyridine rings is 1. The third-order valence-electron chi connectivity index (χ3n) is 4.51. The summed E-state index contributed by atoms with van der Waals surface area (Å²) in [5.74, 6) is -1.08. The van der Waals surface area contributed by atoms with Crippen LogP contribution in [0.15, 0.2) is 77.9 Å². The second kappa shape index (κ2) is 8.76. The lowest BCUT2D eigenvalue weighted by Crippen LogP contribution is -2.44. The average Bonchev–Trinajstić information content (AvgIpc) is 2.79. The fraction of sp³-hybridized carbons (Fsp3) is 0.0455. The van der Waals surface area contributed by atoms with Crippen LogP contribution in [0.1, 0.15) is 10.4 Å². The van der Waals surface area contributed by atoms with Crippen molar-refractivity contribution in [3.63, 3.8) is 0 Å². The molecule has 4 rings (SSSR count). The molecule has 0 unspecified atom stereocenters. The molecule has 2 amide bonds. The molecule has 0 radical (unpaired) electrons. The highest BCUT2D eigenvalue weighted by Crippen LogP contribution is 2.25. The van der Waals surface area contributed by atoms with Crippen molar-refractivity contribution in [2.45, 2.75) is 6.54 Å². The Morgan fingerprint density at radius 2 is 1.77 bits per heavy atom. The van der Waals surface area contributed by atoms with Crippen LogP contribution in [-0.2, 0) is 11.3 Å². The van der Waals surface area contributed by atoms with Gasteiger partial charge in [0.2, 0.25) is 0 Å². The van der Waals surface area contributed by atoms with E-state index in [0.29, 0.717) is 27.2 Å². The van der Waals surface area contributed by atoms with Crippen LogP contribution in [0.25, 0.3) is 22.2 Å². The van der Waals surface area contributed by atoms with Gasteiger partial charge in [-0.25, -0.2) is 14.8 Å². The maximum atomic E-state index is 12.9. The van der Waals surface area contributed by atoms with E-state index in [1.54, 1.807) is 36.4 Å². The Kier molecular flexibility index (Phi) is 5.72. The molecular weight excluding hydrogens is 418 g/mol. The van der Waals surface area contributed by atoms with Gasteiger partial charge in [0.05, 0.1) is 16.8 Å². The number of halogens is 1. The SMILES string of the molecule is O=C(Cn1cccnc1=O)NNC(=O)c1cc(-c2ccc(Cl)cc2)nc2ccccc12. The highest BCUT2D eigenvalue weighted by Gasteiger charge is 2.15. The number of nitrogens with one attached hydrogen (secondary N) is 2. The van der Waals surface area contributed by atoms with Crippen molar-refractivity contribution < 1.29 is 9.59 Å². The second-order valence-electron chi connectivity index (χ2n) is 6.61. The first kappa shape index (κ1) is 20.2. The van der Waals surface area contributed by atoms with Gasteiger partial charge in [-0.15, -0.1) is 0 Å². The van der Waals surface area contributed by atoms with Gasteiger partial charge in [-0.1, -0.05) is 41.9 Å². The van der Waals surface area contributed by atoms with E-state index in [1.165, 1.54) is 18.5 Å². The zero-order valence-electron chi connectivity index (χ0n) is 16.1. The third-order valence-corrected chi connectivity index (χ3v) is 4.76. The third kappa shape index (κ3) is 4.59. The second-order valence-corrected chi connectivity index (χ2v) is 7.05. The topological polar surface area (TPSA) is 106 Å². The predicted octanol–water partition coefficient (Wildman–Crippen LogP) is 2.57. The van der Waals surface area contributed by atoms with Crippen molar-refractivity contribution in [1.29, 1.82) is 0 Å². The van der Waals surface area contributed by atoms with Crippen molar-refractivity contribution in [2.24, 2.45) is 0 Å². The lowest BCUT2D eigenvalue weighted by Gasteiger charge is -2.12. The normalized spacial score (nSPS) is 10.6. The van der Waals surface area contributed by atoms with Crippen LogP contribution in [-0.4, -0.2) is 26.3 Å². The van der Waals surface area contributed by atoms with Gasteiger partial charge in [-0.3, -0.25) is 25.0 Å². The number of carbonyl (C=O) groups is 2. The van der Waals surface area contributed by atoms with Crippen LogP contribution in [0.3, 0.4) is 0 Å². The van der Waals surface area contributed by atoms with E-state index in [1.807, 2.05) is 18.2 Å². The van der Waals surface area contributed by atoms with E-state index in [-0.39, 0.29) is 6.54 Å². The van der Waals surface area contributed by atoms with Gasteiger partial charge >= 0.3 is 5.69 Å². The predicted molar refractivity (Wildman–Crippen MR) is 116 cm³/mol. The highest BCUT2D eigenvalue weighted by molar-refractivity contribution is 6.30. The van der Waals surface area contributed by atoms with Crippen LogP contribution >= 0.6 is 11.6 Å². The molecule has 2 aromatic heterocycles. The Labute approximate surface area is 181 Å². The minimum Gasteiger partial charge on any atom is -0.290 e. The minimum absolute atomic E-state index is 0.278. The number of fused-ring (bicyclic) bond motifs is 1. The van der Waals surface area contributed by atoms with E-state index in [4.69, 9.17) is 11.6 Å². The number of nitrogens with zero attached hydrogens (tertiary/aromatic N) is 3. The monoisotopic (exact) mass is 433 g/mol. The van der Waals surface area contributed by atoms with Crippen molar-refractivity contribution in [3.05, 3.63) is 94.1 Å². The summed E-state index contributed by atoms with van der Waals surface area (Å²) in [6.07, 6.45) is 2.77. The molecule has 9 heteroatoms. The quantitative estimate of drug-likeness (QED) is 0.481. The number of benzene rings is 2. The van der Waals surface area contributed by atoms with Gasteiger partial charge in [0, 0.05) is 28.4 Å². The maximum absolute atomic E-state index is 12.9. The molecule has 0 atom stereocenters. The Balaban J connectivity index is 1.58. The van der Waals surface area contributed by atoms with E-state index in [9.17, 15) is 14.4 Å². The Hall–Kier alpha value is -4.04. The zero-order chi connectivity index (χ0) is 21.8. The van der Waals surface area contributed by atoms with Crippen LogP contribution in [0.4, 0.5) is 0 Å². The Morgan fingerprint density at radius 3 is 2.55 bits per heavy atom. The lowest BCUT2D eigenvalue weighted by atomic mass is 10.0. The molecular formula is C22H16ClN5O3. The van der Waals surface area contributed by atoms with Gasteiger partial charge in [-0.05, 0) is 30.3 Å². The van der Waals surface area contributed by atoms with Crippen LogP contribution in [0.5, 0.6) is 0 Å². The summed E-state index contributed by atoms with van der Waals surface area (Å²) in [7, 11) is 0. The summed E-state index contributed by atoms with van der Waals surface area (Å²) in [6, 6.07) is 17.5. The Morgan fingerprint density at radius 1 is 1.00 bits per heavy atom. The summed E-state index contributed by atoms with van der Waals surface area (Å²) in [4.78, 5) is 44.8. The van der Waals surface area contributed by atoms with Crippen LogP contribution < -0.4 is 16.5 Å². The summed E-state index contributed by atoms with van der Waals surface area (Å²) in [6.45, 7) is -0.278. The Bertz CT molecular complexity index is 1340. The highest BCUT2D eigenvalue weighted by atomic mass is 35.5. The summed E-state index contributed by atoms with van der Waals surface area (Å²) in [5.41, 5.74) is 6.52. The van der Waals surface area contributed by atoms with Gasteiger partial charge in [0.15, 0.2) is 0 Å². The molecule has 0 bridgehead atoms. The average molecular weight is 434 g/mol. The lowest BCUT2D eigenvalue weighted by molar-refractivity contribution is -0.122. The molecule has 2 aromatic carbocycles. The zero-order valence-corrected chi connectivity index (χ0v) is 16.8. The smallest absolute Gasteiger partial charge is 0.290 e. The maximum Gasteiger partial charge on any atom is 0.347 e. The molecule has 0 saturated carbocycles. The van der Waals surface area contributed by atoms with Gasteiger partial charge in [0.25, 0.3) is 11.8 Å². The number of amides is 2. The number of hydrazine groups is 1. The minimum atomic E-state index is -0.570. The number of para-hydroxylation sites is 1. The molecule has 0 spiro atoms. The standard InChI is InChI=1S/C22H16ClN5O3/c23-15-8-6-14(7-9-15)19-12-17(16-4-1-2-5-18(16)25-19)21(30)27-26-20(29)13-28-11-3-10-24-22(28)31/h1-12H,13H2,(H,26,29)(H,27,30). The van der Waals surface area contributed by atoms with E-state index in [0.717, 1.165) is 10.1 Å². The van der Waals surface area contributed by atoms with Gasteiger partial charge < -0.3 is 0 Å². The number of carbonyl (C=O) groups excluding carboxylic acids is 2. The van der Waals surface area contributed by atoms with Crippen molar-refractivity contribution >= 4 is 34.3 Å². The molecule has 4 aromatic rings. The van der Waals surface area contributed by atoms with E-state index >= 15 is 0 Å². The van der Waals surface area contributed by atoms with E-state index in [2.05, 4.69) is 20.8 Å². The molecule has 0 saturated heterocycles. The molecule has 154 valence electrons.